The molecule has 0 spiro atoms. The maximum absolute atomic E-state index is 5.96. The Morgan fingerprint density at radius 2 is 1.71 bits per heavy atom. The van der Waals surface area contributed by atoms with Gasteiger partial charge in [-0.2, -0.15) is 0 Å². The Labute approximate surface area is 107 Å². The van der Waals surface area contributed by atoms with Crippen molar-refractivity contribution in [3.63, 3.8) is 0 Å². The van der Waals surface area contributed by atoms with Crippen LogP contribution in [0, 0.1) is 0 Å². The van der Waals surface area contributed by atoms with Crippen molar-refractivity contribution in [2.45, 2.75) is 58.6 Å². The lowest BCUT2D eigenvalue weighted by Crippen LogP contribution is -2.53. The quantitative estimate of drug-likeness (QED) is 0.773. The average molecular weight is 242 g/mol. The van der Waals surface area contributed by atoms with Gasteiger partial charge in [-0.1, -0.05) is 6.92 Å². The molecular formula is C14H30N2O. The van der Waals surface area contributed by atoms with E-state index in [9.17, 15) is 0 Å². The lowest BCUT2D eigenvalue weighted by Gasteiger charge is -2.41. The van der Waals surface area contributed by atoms with Gasteiger partial charge in [-0.25, -0.2) is 0 Å². The van der Waals surface area contributed by atoms with Crippen molar-refractivity contribution >= 4 is 0 Å². The summed E-state index contributed by atoms with van der Waals surface area (Å²) >= 11 is 0. The summed E-state index contributed by atoms with van der Waals surface area (Å²) in [5.74, 6) is 0. The number of ether oxygens (including phenoxy) is 1. The van der Waals surface area contributed by atoms with Crippen molar-refractivity contribution in [2.24, 2.45) is 0 Å². The Kier molecular flexibility index (Phi) is 5.42. The maximum Gasteiger partial charge on any atom is 0.0623 e. The summed E-state index contributed by atoms with van der Waals surface area (Å²) in [6, 6.07) is 0. The molecule has 0 aromatic rings. The molecule has 1 aliphatic rings. The summed E-state index contributed by atoms with van der Waals surface area (Å²) < 4.78 is 5.96. The van der Waals surface area contributed by atoms with Crippen LogP contribution in [0.15, 0.2) is 0 Å². The number of nitrogens with one attached hydrogen (secondary N) is 1. The largest absolute Gasteiger partial charge is 0.376 e. The number of hydrogen-bond acceptors (Lipinski definition) is 3. The van der Waals surface area contributed by atoms with Crippen molar-refractivity contribution in [1.29, 1.82) is 0 Å². The van der Waals surface area contributed by atoms with Crippen LogP contribution in [0.4, 0.5) is 0 Å². The molecule has 0 radical (unpaired) electrons. The lowest BCUT2D eigenvalue weighted by molar-refractivity contribution is -0.0392. The van der Waals surface area contributed by atoms with Gasteiger partial charge in [-0.15, -0.1) is 0 Å². The topological polar surface area (TPSA) is 24.5 Å². The Hall–Kier alpha value is -0.120. The molecule has 0 unspecified atom stereocenters. The summed E-state index contributed by atoms with van der Waals surface area (Å²) in [4.78, 5) is 2.58. The maximum atomic E-state index is 5.96. The molecule has 0 saturated carbocycles. The third-order valence-corrected chi connectivity index (χ3v) is 4.03. The second-order valence-electron chi connectivity index (χ2n) is 6.26. The molecule has 1 rings (SSSR count). The molecule has 1 heterocycles. The Balaban J connectivity index is 2.33. The van der Waals surface area contributed by atoms with Crippen LogP contribution >= 0.6 is 0 Å². The molecule has 1 fully saturated rings. The van der Waals surface area contributed by atoms with E-state index in [4.69, 9.17) is 4.74 Å². The summed E-state index contributed by atoms with van der Waals surface area (Å²) in [6.07, 6.45) is 2.18. The van der Waals surface area contributed by atoms with Crippen LogP contribution in [0.5, 0.6) is 0 Å². The van der Waals surface area contributed by atoms with Gasteiger partial charge in [0.25, 0.3) is 0 Å². The van der Waals surface area contributed by atoms with Gasteiger partial charge in [0, 0.05) is 38.3 Å². The van der Waals surface area contributed by atoms with Crippen LogP contribution in [-0.2, 0) is 4.74 Å². The third kappa shape index (κ3) is 4.94. The van der Waals surface area contributed by atoms with Gasteiger partial charge < -0.3 is 10.1 Å². The highest BCUT2D eigenvalue weighted by atomic mass is 16.5. The second kappa shape index (κ2) is 6.17. The molecule has 1 aliphatic heterocycles. The van der Waals surface area contributed by atoms with Crippen LogP contribution in [0.3, 0.4) is 0 Å². The molecule has 0 aromatic carbocycles. The van der Waals surface area contributed by atoms with Crippen LogP contribution in [0.25, 0.3) is 0 Å². The minimum Gasteiger partial charge on any atom is -0.376 e. The molecule has 0 aliphatic carbocycles. The predicted molar refractivity (Wildman–Crippen MR) is 73.5 cm³/mol. The summed E-state index contributed by atoms with van der Waals surface area (Å²) in [6.45, 7) is 16.6. The Morgan fingerprint density at radius 3 is 2.24 bits per heavy atom. The number of rotatable bonds is 6. The molecule has 0 atom stereocenters. The molecule has 0 aromatic heterocycles. The molecule has 1 saturated heterocycles. The van der Waals surface area contributed by atoms with E-state index in [1.54, 1.807) is 0 Å². The normalized spacial score (nSPS) is 19.6. The monoisotopic (exact) mass is 242 g/mol. The first-order chi connectivity index (χ1) is 7.87. The van der Waals surface area contributed by atoms with E-state index in [-0.39, 0.29) is 11.1 Å². The van der Waals surface area contributed by atoms with Crippen LogP contribution in [0.2, 0.25) is 0 Å². The van der Waals surface area contributed by atoms with Gasteiger partial charge in [-0.05, 0) is 40.5 Å². The zero-order valence-electron chi connectivity index (χ0n) is 12.3. The van der Waals surface area contributed by atoms with Crippen molar-refractivity contribution in [3.8, 4) is 0 Å². The molecule has 17 heavy (non-hydrogen) atoms. The van der Waals surface area contributed by atoms with Gasteiger partial charge >= 0.3 is 0 Å². The first-order valence-corrected chi connectivity index (χ1v) is 6.97. The highest BCUT2D eigenvalue weighted by Crippen LogP contribution is 2.21. The van der Waals surface area contributed by atoms with Crippen LogP contribution in [-0.4, -0.2) is 48.8 Å². The van der Waals surface area contributed by atoms with Gasteiger partial charge in [0.1, 0.15) is 0 Å². The Morgan fingerprint density at radius 1 is 1.12 bits per heavy atom. The molecule has 1 N–H and O–H groups in total. The fourth-order valence-corrected chi connectivity index (χ4v) is 2.11. The van der Waals surface area contributed by atoms with E-state index in [2.05, 4.69) is 44.8 Å². The first kappa shape index (κ1) is 14.9. The SMILES string of the molecule is CCC(C)(C)OCCC(C)(C)N1CCNCC1. The van der Waals surface area contributed by atoms with Crippen LogP contribution in [0.1, 0.15) is 47.5 Å². The van der Waals surface area contributed by atoms with Crippen molar-refractivity contribution < 1.29 is 4.74 Å². The molecule has 3 heteroatoms. The zero-order valence-corrected chi connectivity index (χ0v) is 12.3. The summed E-state index contributed by atoms with van der Waals surface area (Å²) in [5.41, 5.74) is 0.283. The smallest absolute Gasteiger partial charge is 0.0623 e. The van der Waals surface area contributed by atoms with E-state index in [0.29, 0.717) is 0 Å². The van der Waals surface area contributed by atoms with E-state index in [0.717, 1.165) is 45.6 Å². The highest BCUT2D eigenvalue weighted by Gasteiger charge is 2.28. The van der Waals surface area contributed by atoms with Gasteiger partial charge in [0.05, 0.1) is 5.60 Å². The van der Waals surface area contributed by atoms with E-state index >= 15 is 0 Å². The average Bonchev–Trinajstić information content (AvgIpc) is 2.30. The molecular weight excluding hydrogens is 212 g/mol. The molecule has 0 bridgehead atoms. The minimum absolute atomic E-state index is 0.0273. The van der Waals surface area contributed by atoms with Crippen molar-refractivity contribution in [1.82, 2.24) is 10.2 Å². The van der Waals surface area contributed by atoms with E-state index in [1.165, 1.54) is 0 Å². The third-order valence-electron chi connectivity index (χ3n) is 4.03. The number of nitrogens with zero attached hydrogens (tertiary/aromatic N) is 1. The van der Waals surface area contributed by atoms with Gasteiger partial charge in [0.2, 0.25) is 0 Å². The fraction of sp³-hybridized carbons (Fsp3) is 1.00. The van der Waals surface area contributed by atoms with E-state index in [1.807, 2.05) is 0 Å². The van der Waals surface area contributed by atoms with Crippen molar-refractivity contribution in [3.05, 3.63) is 0 Å². The van der Waals surface area contributed by atoms with E-state index < -0.39 is 0 Å². The predicted octanol–water partition coefficient (Wildman–Crippen LogP) is 2.27. The molecule has 102 valence electrons. The first-order valence-electron chi connectivity index (χ1n) is 6.97. The number of piperazine rings is 1. The standard InChI is InChI=1S/C14H30N2O/c1-6-14(4,5)17-12-7-13(2,3)16-10-8-15-9-11-16/h15H,6-12H2,1-5H3. The molecule has 0 amide bonds. The van der Waals surface area contributed by atoms with Crippen molar-refractivity contribution in [2.75, 3.05) is 32.8 Å². The lowest BCUT2D eigenvalue weighted by atomic mass is 9.97. The molecule has 3 nitrogen and oxygen atoms in total. The van der Waals surface area contributed by atoms with Gasteiger partial charge in [0.15, 0.2) is 0 Å². The Bertz CT molecular complexity index is 220. The highest BCUT2D eigenvalue weighted by molar-refractivity contribution is 4.84. The fourth-order valence-electron chi connectivity index (χ4n) is 2.11. The second-order valence-corrected chi connectivity index (χ2v) is 6.26. The summed E-state index contributed by atoms with van der Waals surface area (Å²) in [5, 5.41) is 3.40. The minimum atomic E-state index is 0.0273. The summed E-state index contributed by atoms with van der Waals surface area (Å²) in [7, 11) is 0. The zero-order chi connectivity index (χ0) is 12.9. The number of hydrogen-bond donors (Lipinski definition) is 1. The van der Waals surface area contributed by atoms with Crippen LogP contribution < -0.4 is 5.32 Å². The van der Waals surface area contributed by atoms with Gasteiger partial charge in [-0.3, -0.25) is 4.90 Å².